The third-order valence-electron chi connectivity index (χ3n) is 2.27. The van der Waals surface area contributed by atoms with Crippen LogP contribution in [0.2, 0.25) is 0 Å². The summed E-state index contributed by atoms with van der Waals surface area (Å²) < 4.78 is 0. The zero-order chi connectivity index (χ0) is 10.1. The third-order valence-corrected chi connectivity index (χ3v) is 2.27. The summed E-state index contributed by atoms with van der Waals surface area (Å²) in [7, 11) is 0. The van der Waals surface area contributed by atoms with Crippen molar-refractivity contribution in [1.82, 2.24) is 0 Å². The van der Waals surface area contributed by atoms with Crippen LogP contribution in [0.1, 0.15) is 52.4 Å². The largest absolute Gasteiger partial charge is 0.396 e. The average Bonchev–Trinajstić information content (AvgIpc) is 2.09. The Labute approximate surface area is 82.0 Å². The monoisotopic (exact) mass is 188 g/mol. The Balaban J connectivity index is 3.15. The molecule has 0 aliphatic heterocycles. The topological polar surface area (TPSA) is 40.5 Å². The van der Waals surface area contributed by atoms with Crippen molar-refractivity contribution in [3.63, 3.8) is 0 Å². The molecule has 1 atom stereocenters. The summed E-state index contributed by atoms with van der Waals surface area (Å²) in [6.45, 7) is 4.64. The fraction of sp³-hybridized carbons (Fsp3) is 1.00. The fourth-order valence-corrected chi connectivity index (χ4v) is 1.34. The number of aliphatic hydroxyl groups excluding tert-OH is 2. The molecule has 0 heterocycles. The van der Waals surface area contributed by atoms with Crippen LogP contribution < -0.4 is 0 Å². The molecule has 0 bridgehead atoms. The summed E-state index contributed by atoms with van der Waals surface area (Å²) in [6.07, 6.45) is 5.76. The molecule has 0 rings (SSSR count). The normalized spacial score (nSPS) is 13.6. The van der Waals surface area contributed by atoms with E-state index in [4.69, 9.17) is 5.11 Å². The summed E-state index contributed by atoms with van der Waals surface area (Å²) in [5.74, 6) is 0.687. The highest BCUT2D eigenvalue weighted by molar-refractivity contribution is 4.57. The Hall–Kier alpha value is -0.0800. The van der Waals surface area contributed by atoms with Crippen LogP contribution in [0, 0.1) is 5.92 Å². The van der Waals surface area contributed by atoms with Gasteiger partial charge in [-0.05, 0) is 31.6 Å². The van der Waals surface area contributed by atoms with Crippen LogP contribution in [0.3, 0.4) is 0 Å². The second-order valence-electron chi connectivity index (χ2n) is 4.20. The molecule has 0 saturated heterocycles. The minimum Gasteiger partial charge on any atom is -0.396 e. The number of unbranched alkanes of at least 4 members (excludes halogenated alkanes) is 2. The first-order valence-electron chi connectivity index (χ1n) is 5.45. The highest BCUT2D eigenvalue weighted by atomic mass is 16.3. The quantitative estimate of drug-likeness (QED) is 0.574. The van der Waals surface area contributed by atoms with Gasteiger partial charge in [-0.1, -0.05) is 26.7 Å². The molecule has 80 valence electrons. The number of aliphatic hydroxyl groups is 2. The van der Waals surface area contributed by atoms with E-state index in [2.05, 4.69) is 13.8 Å². The maximum atomic E-state index is 9.53. The average molecular weight is 188 g/mol. The van der Waals surface area contributed by atoms with Gasteiger partial charge >= 0.3 is 0 Å². The summed E-state index contributed by atoms with van der Waals surface area (Å²) >= 11 is 0. The lowest BCUT2D eigenvalue weighted by molar-refractivity contribution is 0.142. The van der Waals surface area contributed by atoms with Crippen molar-refractivity contribution in [2.75, 3.05) is 6.61 Å². The molecule has 2 heteroatoms. The number of hydrogen-bond acceptors (Lipinski definition) is 2. The smallest absolute Gasteiger partial charge is 0.0540 e. The van der Waals surface area contributed by atoms with Crippen molar-refractivity contribution in [3.05, 3.63) is 0 Å². The van der Waals surface area contributed by atoms with Gasteiger partial charge in [0.25, 0.3) is 0 Å². The predicted molar refractivity (Wildman–Crippen MR) is 55.6 cm³/mol. The maximum absolute atomic E-state index is 9.53. The Morgan fingerprint density at radius 3 is 2.15 bits per heavy atom. The molecular formula is C11H24O2. The molecule has 0 aromatic heterocycles. The molecule has 0 aromatic rings. The summed E-state index contributed by atoms with van der Waals surface area (Å²) in [5.41, 5.74) is 0. The van der Waals surface area contributed by atoms with E-state index in [1.807, 2.05) is 0 Å². The molecular weight excluding hydrogens is 164 g/mol. The van der Waals surface area contributed by atoms with Crippen LogP contribution in [0.15, 0.2) is 0 Å². The van der Waals surface area contributed by atoms with Crippen LogP contribution in [-0.4, -0.2) is 22.9 Å². The van der Waals surface area contributed by atoms with Gasteiger partial charge in [-0.3, -0.25) is 0 Å². The van der Waals surface area contributed by atoms with Gasteiger partial charge in [0, 0.05) is 6.61 Å². The summed E-state index contributed by atoms with van der Waals surface area (Å²) in [6, 6.07) is 0. The highest BCUT2D eigenvalue weighted by Crippen LogP contribution is 2.11. The highest BCUT2D eigenvalue weighted by Gasteiger charge is 2.04. The van der Waals surface area contributed by atoms with Crippen molar-refractivity contribution in [1.29, 1.82) is 0 Å². The molecule has 0 amide bonds. The molecule has 0 saturated carbocycles. The zero-order valence-corrected chi connectivity index (χ0v) is 9.00. The van der Waals surface area contributed by atoms with Crippen LogP contribution in [-0.2, 0) is 0 Å². The van der Waals surface area contributed by atoms with Crippen LogP contribution in [0.25, 0.3) is 0 Å². The van der Waals surface area contributed by atoms with Gasteiger partial charge < -0.3 is 10.2 Å². The molecule has 0 aromatic carbocycles. The Kier molecular flexibility index (Phi) is 8.46. The third kappa shape index (κ3) is 9.84. The van der Waals surface area contributed by atoms with Crippen LogP contribution in [0.5, 0.6) is 0 Å². The van der Waals surface area contributed by atoms with Gasteiger partial charge in [-0.2, -0.15) is 0 Å². The molecule has 1 unspecified atom stereocenters. The summed E-state index contributed by atoms with van der Waals surface area (Å²) in [5, 5.41) is 18.1. The van der Waals surface area contributed by atoms with Crippen LogP contribution >= 0.6 is 0 Å². The minimum absolute atomic E-state index is 0.124. The van der Waals surface area contributed by atoms with Gasteiger partial charge in [0.05, 0.1) is 6.10 Å². The van der Waals surface area contributed by atoms with Crippen molar-refractivity contribution >= 4 is 0 Å². The van der Waals surface area contributed by atoms with E-state index in [0.29, 0.717) is 5.92 Å². The lowest BCUT2D eigenvalue weighted by Crippen LogP contribution is -2.07. The predicted octanol–water partition coefficient (Wildman–Crippen LogP) is 2.34. The van der Waals surface area contributed by atoms with Gasteiger partial charge in [0.2, 0.25) is 0 Å². The molecule has 0 aliphatic carbocycles. The zero-order valence-electron chi connectivity index (χ0n) is 9.00. The number of rotatable bonds is 8. The second kappa shape index (κ2) is 8.52. The van der Waals surface area contributed by atoms with E-state index in [9.17, 15) is 5.11 Å². The molecule has 0 aliphatic rings. The van der Waals surface area contributed by atoms with Crippen molar-refractivity contribution < 1.29 is 10.2 Å². The molecule has 2 nitrogen and oxygen atoms in total. The fourth-order valence-electron chi connectivity index (χ4n) is 1.34. The van der Waals surface area contributed by atoms with E-state index in [-0.39, 0.29) is 12.7 Å². The lowest BCUT2D eigenvalue weighted by Gasteiger charge is -2.11. The molecule has 0 spiro atoms. The van der Waals surface area contributed by atoms with Crippen molar-refractivity contribution in [3.8, 4) is 0 Å². The molecule has 13 heavy (non-hydrogen) atoms. The van der Waals surface area contributed by atoms with E-state index in [0.717, 1.165) is 38.5 Å². The van der Waals surface area contributed by atoms with E-state index < -0.39 is 0 Å². The molecule has 0 fully saturated rings. The SMILES string of the molecule is CC(C)CCC(O)CCCCCO. The van der Waals surface area contributed by atoms with Crippen LogP contribution in [0.4, 0.5) is 0 Å². The van der Waals surface area contributed by atoms with E-state index in [1.165, 1.54) is 0 Å². The van der Waals surface area contributed by atoms with Gasteiger partial charge in [-0.25, -0.2) is 0 Å². The van der Waals surface area contributed by atoms with Gasteiger partial charge in [0.15, 0.2) is 0 Å². The first-order chi connectivity index (χ1) is 6.16. The van der Waals surface area contributed by atoms with E-state index in [1.54, 1.807) is 0 Å². The minimum atomic E-state index is -0.124. The van der Waals surface area contributed by atoms with Crippen molar-refractivity contribution in [2.45, 2.75) is 58.5 Å². The first-order valence-corrected chi connectivity index (χ1v) is 5.45. The molecule has 2 N–H and O–H groups in total. The number of hydrogen-bond donors (Lipinski definition) is 2. The Bertz CT molecular complexity index is 102. The molecule has 0 radical (unpaired) electrons. The Morgan fingerprint density at radius 1 is 0.923 bits per heavy atom. The van der Waals surface area contributed by atoms with E-state index >= 15 is 0 Å². The Morgan fingerprint density at radius 2 is 1.62 bits per heavy atom. The standard InChI is InChI=1S/C11H24O2/c1-10(2)7-8-11(13)6-4-3-5-9-12/h10-13H,3-9H2,1-2H3. The van der Waals surface area contributed by atoms with Gasteiger partial charge in [-0.15, -0.1) is 0 Å². The summed E-state index contributed by atoms with van der Waals surface area (Å²) in [4.78, 5) is 0. The first kappa shape index (κ1) is 12.9. The maximum Gasteiger partial charge on any atom is 0.0540 e. The second-order valence-corrected chi connectivity index (χ2v) is 4.20. The lowest BCUT2D eigenvalue weighted by atomic mass is 10.0. The van der Waals surface area contributed by atoms with Crippen molar-refractivity contribution in [2.24, 2.45) is 5.92 Å². The van der Waals surface area contributed by atoms with Gasteiger partial charge in [0.1, 0.15) is 0 Å².